The van der Waals surface area contributed by atoms with Crippen LogP contribution in [-0.4, -0.2) is 22.2 Å². The van der Waals surface area contributed by atoms with Crippen LogP contribution in [0, 0.1) is 0 Å². The van der Waals surface area contributed by atoms with E-state index in [0.29, 0.717) is 18.4 Å². The second kappa shape index (κ2) is 4.41. The Morgan fingerprint density at radius 3 is 2.59 bits per heavy atom. The molecule has 88 valence electrons. The Bertz CT molecular complexity index is 514. The lowest BCUT2D eigenvalue weighted by Gasteiger charge is -2.20. The monoisotopic (exact) mass is 232 g/mol. The van der Waals surface area contributed by atoms with E-state index in [-0.39, 0.29) is 5.56 Å². The number of hydrogen-bond donors (Lipinski definition) is 2. The molecule has 0 atom stereocenters. The molecule has 2 rings (SSSR count). The summed E-state index contributed by atoms with van der Waals surface area (Å²) in [6.45, 7) is 0. The minimum absolute atomic E-state index is 0.276. The number of fused-ring (bicyclic) bond motifs is 1. The first-order valence-corrected chi connectivity index (χ1v) is 5.38. The fourth-order valence-corrected chi connectivity index (χ4v) is 2.25. The molecule has 0 unspecified atom stereocenters. The molecule has 2 N–H and O–H groups in total. The van der Waals surface area contributed by atoms with E-state index in [9.17, 15) is 9.59 Å². The molecule has 0 saturated heterocycles. The van der Waals surface area contributed by atoms with Gasteiger partial charge < -0.3 is 10.2 Å². The average molecular weight is 232 g/mol. The van der Waals surface area contributed by atoms with Crippen LogP contribution in [0.2, 0.25) is 0 Å². The number of aliphatic carboxylic acids is 1. The number of aromatic carboxylic acids is 1. The first-order chi connectivity index (χ1) is 8.09. The first-order valence-electron chi connectivity index (χ1n) is 5.38. The number of carbonyl (C=O) groups is 2. The lowest BCUT2D eigenvalue weighted by molar-refractivity contribution is -0.131. The van der Waals surface area contributed by atoms with E-state index < -0.39 is 11.9 Å². The maximum Gasteiger partial charge on any atom is 0.335 e. The predicted octanol–water partition coefficient (Wildman–Crippen LogP) is 2.19. The zero-order valence-corrected chi connectivity index (χ0v) is 9.14. The minimum atomic E-state index is -0.992. The zero-order chi connectivity index (χ0) is 12.4. The van der Waals surface area contributed by atoms with Crippen molar-refractivity contribution in [2.45, 2.75) is 19.3 Å². The third-order valence-corrected chi connectivity index (χ3v) is 2.92. The molecule has 1 aliphatic rings. The molecule has 0 bridgehead atoms. The molecule has 4 nitrogen and oxygen atoms in total. The average Bonchev–Trinajstić information content (AvgIpc) is 2.28. The van der Waals surface area contributed by atoms with Crippen molar-refractivity contribution in [1.82, 2.24) is 0 Å². The van der Waals surface area contributed by atoms with Gasteiger partial charge in [-0.1, -0.05) is 12.1 Å². The molecule has 0 radical (unpaired) electrons. The molecule has 0 saturated carbocycles. The quantitative estimate of drug-likeness (QED) is 0.766. The van der Waals surface area contributed by atoms with Crippen LogP contribution in [0.15, 0.2) is 24.3 Å². The van der Waals surface area contributed by atoms with Gasteiger partial charge in [-0.2, -0.15) is 0 Å². The molecule has 17 heavy (non-hydrogen) atoms. The summed E-state index contributed by atoms with van der Waals surface area (Å²) < 4.78 is 0. The van der Waals surface area contributed by atoms with Crippen LogP contribution in [-0.2, 0) is 11.2 Å². The Morgan fingerprint density at radius 2 is 1.94 bits per heavy atom. The Morgan fingerprint density at radius 1 is 1.18 bits per heavy atom. The summed E-state index contributed by atoms with van der Waals surface area (Å²) in [5, 5.41) is 17.9. The molecule has 0 fully saturated rings. The van der Waals surface area contributed by atoms with E-state index in [1.807, 2.05) is 0 Å². The van der Waals surface area contributed by atoms with Crippen molar-refractivity contribution in [1.29, 1.82) is 0 Å². The largest absolute Gasteiger partial charge is 0.478 e. The van der Waals surface area contributed by atoms with E-state index in [2.05, 4.69) is 0 Å². The highest BCUT2D eigenvalue weighted by Crippen LogP contribution is 2.32. The zero-order valence-electron chi connectivity index (χ0n) is 9.14. The summed E-state index contributed by atoms with van der Waals surface area (Å²) >= 11 is 0. The maximum absolute atomic E-state index is 11.1. The number of carboxylic acids is 2. The van der Waals surface area contributed by atoms with E-state index in [1.54, 1.807) is 18.2 Å². The molecule has 1 aliphatic carbocycles. The number of allylic oxidation sites excluding steroid dienone is 1. The molecule has 4 heteroatoms. The molecule has 0 amide bonds. The smallest absolute Gasteiger partial charge is 0.335 e. The van der Waals surface area contributed by atoms with Crippen LogP contribution in [0.3, 0.4) is 0 Å². The molecule has 0 spiro atoms. The summed E-state index contributed by atoms with van der Waals surface area (Å²) in [6.07, 6.45) is 3.33. The van der Waals surface area contributed by atoms with Crippen molar-refractivity contribution in [3.63, 3.8) is 0 Å². The van der Waals surface area contributed by atoms with Crippen LogP contribution in [0.4, 0.5) is 0 Å². The maximum atomic E-state index is 11.1. The van der Waals surface area contributed by atoms with Gasteiger partial charge in [-0.05, 0) is 42.0 Å². The summed E-state index contributed by atoms with van der Waals surface area (Å²) in [7, 11) is 0. The van der Waals surface area contributed by atoms with Gasteiger partial charge in [-0.15, -0.1) is 0 Å². The highest BCUT2D eigenvalue weighted by atomic mass is 16.4. The van der Waals surface area contributed by atoms with E-state index in [4.69, 9.17) is 10.2 Å². The van der Waals surface area contributed by atoms with Gasteiger partial charge in [0.2, 0.25) is 0 Å². The minimum Gasteiger partial charge on any atom is -0.478 e. The Labute approximate surface area is 98.2 Å². The van der Waals surface area contributed by atoms with Gasteiger partial charge in [-0.3, -0.25) is 0 Å². The number of benzene rings is 1. The third-order valence-electron chi connectivity index (χ3n) is 2.92. The summed E-state index contributed by atoms with van der Waals surface area (Å²) in [5.74, 6) is -1.95. The van der Waals surface area contributed by atoms with Crippen LogP contribution in [0.1, 0.15) is 34.3 Å². The Balaban J connectivity index is 2.57. The molecule has 1 aromatic carbocycles. The lowest BCUT2D eigenvalue weighted by Crippen LogP contribution is -2.10. The molecular weight excluding hydrogens is 220 g/mol. The normalized spacial score (nSPS) is 16.6. The van der Waals surface area contributed by atoms with Crippen molar-refractivity contribution in [2.24, 2.45) is 0 Å². The van der Waals surface area contributed by atoms with Gasteiger partial charge in [0.15, 0.2) is 0 Å². The van der Waals surface area contributed by atoms with Gasteiger partial charge in [0.05, 0.1) is 5.56 Å². The Hall–Kier alpha value is -2.10. The standard InChI is InChI=1S/C13H12O4/c14-12(15)7-8-3-1-5-10-9(8)4-2-6-11(10)13(16)17/h2,4,6-7H,1,3,5H2,(H,14,15)(H,16,17)/b8-7-. The summed E-state index contributed by atoms with van der Waals surface area (Å²) in [6, 6.07) is 5.00. The van der Waals surface area contributed by atoms with E-state index >= 15 is 0 Å². The van der Waals surface area contributed by atoms with Crippen molar-refractivity contribution in [3.8, 4) is 0 Å². The van der Waals surface area contributed by atoms with Crippen LogP contribution in [0.25, 0.3) is 5.57 Å². The van der Waals surface area contributed by atoms with Gasteiger partial charge in [0, 0.05) is 6.08 Å². The van der Waals surface area contributed by atoms with Gasteiger partial charge in [0.1, 0.15) is 0 Å². The summed E-state index contributed by atoms with van der Waals surface area (Å²) in [4.78, 5) is 21.8. The van der Waals surface area contributed by atoms with Gasteiger partial charge in [0.25, 0.3) is 0 Å². The number of carboxylic acid groups (broad SMARTS) is 2. The molecule has 0 heterocycles. The second-order valence-electron chi connectivity index (χ2n) is 4.00. The lowest BCUT2D eigenvalue weighted by atomic mass is 9.84. The van der Waals surface area contributed by atoms with Crippen molar-refractivity contribution >= 4 is 17.5 Å². The van der Waals surface area contributed by atoms with Crippen molar-refractivity contribution in [2.75, 3.05) is 0 Å². The van der Waals surface area contributed by atoms with Crippen molar-refractivity contribution in [3.05, 3.63) is 41.0 Å². The highest BCUT2D eigenvalue weighted by Gasteiger charge is 2.20. The van der Waals surface area contributed by atoms with Gasteiger partial charge >= 0.3 is 11.9 Å². The molecule has 0 aromatic heterocycles. The van der Waals surface area contributed by atoms with Crippen LogP contribution in [0.5, 0.6) is 0 Å². The molecule has 0 aliphatic heterocycles. The van der Waals surface area contributed by atoms with Crippen LogP contribution >= 0.6 is 0 Å². The van der Waals surface area contributed by atoms with E-state index in [0.717, 1.165) is 17.5 Å². The fourth-order valence-electron chi connectivity index (χ4n) is 2.25. The van der Waals surface area contributed by atoms with Gasteiger partial charge in [-0.25, -0.2) is 9.59 Å². The second-order valence-corrected chi connectivity index (χ2v) is 4.00. The summed E-state index contributed by atoms with van der Waals surface area (Å²) in [5.41, 5.74) is 2.50. The topological polar surface area (TPSA) is 74.6 Å². The van der Waals surface area contributed by atoms with Crippen molar-refractivity contribution < 1.29 is 19.8 Å². The third kappa shape index (κ3) is 2.20. The fraction of sp³-hybridized carbons (Fsp3) is 0.231. The van der Waals surface area contributed by atoms with Crippen LogP contribution < -0.4 is 0 Å². The molecule has 1 aromatic rings. The SMILES string of the molecule is O=C(O)/C=C1/CCCc2c(C(=O)O)cccc21. The Kier molecular flexibility index (Phi) is 2.95. The number of hydrogen-bond acceptors (Lipinski definition) is 2. The van der Waals surface area contributed by atoms with E-state index in [1.165, 1.54) is 6.08 Å². The first kappa shape index (κ1) is 11.4. The molecular formula is C13H12O4. The highest BCUT2D eigenvalue weighted by molar-refractivity contribution is 5.95. The predicted molar refractivity (Wildman–Crippen MR) is 62.0 cm³/mol. The number of rotatable bonds is 2.